The van der Waals surface area contributed by atoms with Crippen molar-refractivity contribution < 1.29 is 4.74 Å². The van der Waals surface area contributed by atoms with Gasteiger partial charge in [-0.25, -0.2) is 0 Å². The average molecular weight is 148 g/mol. The largest absolute Gasteiger partial charge is 0.363 e. The van der Waals surface area contributed by atoms with Crippen LogP contribution in [0.4, 0.5) is 0 Å². The van der Waals surface area contributed by atoms with E-state index in [1.54, 1.807) is 0 Å². The molecule has 1 nitrogen and oxygen atoms in total. The fourth-order valence-corrected chi connectivity index (χ4v) is 1.33. The van der Waals surface area contributed by atoms with Crippen LogP contribution < -0.4 is 0 Å². The second-order valence-corrected chi connectivity index (χ2v) is 2.56. The monoisotopic (exact) mass is 147 g/mol. The van der Waals surface area contributed by atoms with E-state index >= 15 is 0 Å². The van der Waals surface area contributed by atoms with Crippen molar-refractivity contribution in [2.24, 2.45) is 0 Å². The molecule has 0 aromatic carbocycles. The first-order chi connectivity index (χ1) is 4.43. The summed E-state index contributed by atoms with van der Waals surface area (Å²) < 4.78 is 5.23. The molecule has 0 saturated heterocycles. The summed E-state index contributed by atoms with van der Waals surface area (Å²) in [6.07, 6.45) is 7.46. The van der Waals surface area contributed by atoms with Gasteiger partial charge in [-0.1, -0.05) is 11.6 Å². The van der Waals surface area contributed by atoms with Crippen LogP contribution in [0.15, 0.2) is 0 Å². The highest BCUT2D eigenvalue weighted by atomic mass is 35.5. The molecule has 0 amide bonds. The number of rotatable bonds is 2. The molecule has 1 radical (unpaired) electrons. The standard InChI is InChI=1S/C7H12ClO/c8-6-9-7-4-2-1-3-5-7/h1,7H,2-6H2. The van der Waals surface area contributed by atoms with Gasteiger partial charge in [-0.15, -0.1) is 0 Å². The number of halogens is 1. The van der Waals surface area contributed by atoms with E-state index in [0.29, 0.717) is 12.2 Å². The van der Waals surface area contributed by atoms with Gasteiger partial charge < -0.3 is 4.74 Å². The predicted molar refractivity (Wildman–Crippen MR) is 38.4 cm³/mol. The predicted octanol–water partition coefficient (Wildman–Crippen LogP) is 2.35. The first-order valence-corrected chi connectivity index (χ1v) is 3.96. The summed E-state index contributed by atoms with van der Waals surface area (Å²) in [6, 6.07) is 0.352. The van der Waals surface area contributed by atoms with Crippen molar-refractivity contribution in [2.75, 3.05) is 6.07 Å². The van der Waals surface area contributed by atoms with Gasteiger partial charge >= 0.3 is 0 Å². The summed E-state index contributed by atoms with van der Waals surface area (Å²) in [6.45, 7) is 0. The minimum Gasteiger partial charge on any atom is -0.363 e. The Bertz CT molecular complexity index is 66.6. The zero-order chi connectivity index (χ0) is 6.53. The summed E-state index contributed by atoms with van der Waals surface area (Å²) in [4.78, 5) is 0. The molecule has 1 aliphatic rings. The summed E-state index contributed by atoms with van der Waals surface area (Å²) in [7, 11) is 0. The van der Waals surface area contributed by atoms with E-state index in [1.165, 1.54) is 12.8 Å². The summed E-state index contributed by atoms with van der Waals surface area (Å²) in [5.74, 6) is 0. The van der Waals surface area contributed by atoms with Gasteiger partial charge in [0.25, 0.3) is 0 Å². The third kappa shape index (κ3) is 2.55. The molecule has 0 spiro atoms. The molecule has 1 rings (SSSR count). The molecule has 9 heavy (non-hydrogen) atoms. The highest BCUT2D eigenvalue weighted by molar-refractivity contribution is 6.17. The molecule has 0 N–H and O–H groups in total. The Morgan fingerprint density at radius 3 is 2.67 bits per heavy atom. The molecule has 0 heterocycles. The Balaban J connectivity index is 2.08. The van der Waals surface area contributed by atoms with Crippen molar-refractivity contribution >= 4 is 11.6 Å². The lowest BCUT2D eigenvalue weighted by atomic mass is 9.98. The van der Waals surface area contributed by atoms with Crippen LogP contribution in [0.25, 0.3) is 0 Å². The van der Waals surface area contributed by atoms with Gasteiger partial charge in [-0.2, -0.15) is 0 Å². The Labute approximate surface area is 61.3 Å². The van der Waals surface area contributed by atoms with E-state index in [4.69, 9.17) is 16.3 Å². The molecule has 1 fully saturated rings. The van der Waals surface area contributed by atoms with Crippen LogP contribution in [0, 0.1) is 6.42 Å². The second kappa shape index (κ2) is 4.13. The molecule has 1 aliphatic carbocycles. The van der Waals surface area contributed by atoms with Gasteiger partial charge in [0.05, 0.1) is 6.10 Å². The highest BCUT2D eigenvalue weighted by Gasteiger charge is 2.12. The van der Waals surface area contributed by atoms with Crippen LogP contribution in [0.2, 0.25) is 0 Å². The summed E-state index contributed by atoms with van der Waals surface area (Å²) in [5.41, 5.74) is 0. The van der Waals surface area contributed by atoms with Crippen LogP contribution >= 0.6 is 11.6 Å². The van der Waals surface area contributed by atoms with Gasteiger partial charge in [0.1, 0.15) is 6.07 Å². The van der Waals surface area contributed by atoms with E-state index < -0.39 is 0 Å². The molecule has 0 aliphatic heterocycles. The maximum absolute atomic E-state index is 5.40. The Morgan fingerprint density at radius 2 is 2.11 bits per heavy atom. The van der Waals surface area contributed by atoms with Crippen LogP contribution in [0.1, 0.15) is 25.7 Å². The zero-order valence-corrected chi connectivity index (χ0v) is 6.23. The molecule has 53 valence electrons. The molecule has 0 aromatic heterocycles. The molecule has 0 atom stereocenters. The maximum Gasteiger partial charge on any atom is 0.121 e. The molecule has 0 aromatic rings. The Kier molecular flexibility index (Phi) is 3.37. The van der Waals surface area contributed by atoms with Crippen LogP contribution in [0.3, 0.4) is 0 Å². The smallest absolute Gasteiger partial charge is 0.121 e. The molecular formula is C7H12ClO. The van der Waals surface area contributed by atoms with Crippen molar-refractivity contribution in [3.05, 3.63) is 6.42 Å². The quantitative estimate of drug-likeness (QED) is 0.545. The molecule has 2 heteroatoms. The second-order valence-electron chi connectivity index (χ2n) is 2.34. The SMILES string of the molecule is ClCOC1CC[CH]CC1. The van der Waals surface area contributed by atoms with Gasteiger partial charge in [-0.3, -0.25) is 0 Å². The fraction of sp³-hybridized carbons (Fsp3) is 0.857. The third-order valence-electron chi connectivity index (χ3n) is 1.68. The van der Waals surface area contributed by atoms with Gasteiger partial charge in [-0.05, 0) is 32.1 Å². The lowest BCUT2D eigenvalue weighted by Gasteiger charge is -2.19. The van der Waals surface area contributed by atoms with Crippen LogP contribution in [0.5, 0.6) is 0 Å². The Morgan fingerprint density at radius 1 is 1.44 bits per heavy atom. The lowest BCUT2D eigenvalue weighted by Crippen LogP contribution is -2.15. The summed E-state index contributed by atoms with van der Waals surface area (Å²) >= 11 is 5.40. The molecular weight excluding hydrogens is 136 g/mol. The van der Waals surface area contributed by atoms with Gasteiger partial charge in [0, 0.05) is 0 Å². The highest BCUT2D eigenvalue weighted by Crippen LogP contribution is 2.19. The average Bonchev–Trinajstić information content (AvgIpc) is 1.91. The van der Waals surface area contributed by atoms with E-state index in [9.17, 15) is 0 Å². The Hall–Kier alpha value is 0.250. The number of hydrogen-bond donors (Lipinski definition) is 0. The normalized spacial score (nSPS) is 22.3. The van der Waals surface area contributed by atoms with E-state index in [2.05, 4.69) is 6.42 Å². The third-order valence-corrected chi connectivity index (χ3v) is 1.81. The number of ether oxygens (including phenoxy) is 1. The van der Waals surface area contributed by atoms with Crippen LogP contribution in [-0.4, -0.2) is 12.2 Å². The topological polar surface area (TPSA) is 9.23 Å². The van der Waals surface area contributed by atoms with Crippen molar-refractivity contribution in [3.63, 3.8) is 0 Å². The van der Waals surface area contributed by atoms with E-state index in [1.807, 2.05) is 0 Å². The fourth-order valence-electron chi connectivity index (χ4n) is 1.15. The van der Waals surface area contributed by atoms with Gasteiger partial charge in [0.2, 0.25) is 0 Å². The number of hydrogen-bond acceptors (Lipinski definition) is 1. The first-order valence-electron chi connectivity index (χ1n) is 3.42. The minimum atomic E-state index is 0.352. The van der Waals surface area contributed by atoms with E-state index in [0.717, 1.165) is 12.8 Å². The molecule has 0 unspecified atom stereocenters. The van der Waals surface area contributed by atoms with Crippen LogP contribution in [-0.2, 0) is 4.74 Å². The van der Waals surface area contributed by atoms with Crippen molar-refractivity contribution in [2.45, 2.75) is 31.8 Å². The van der Waals surface area contributed by atoms with Crippen molar-refractivity contribution in [1.29, 1.82) is 0 Å². The van der Waals surface area contributed by atoms with Crippen molar-refractivity contribution in [3.8, 4) is 0 Å². The van der Waals surface area contributed by atoms with E-state index in [-0.39, 0.29) is 0 Å². The van der Waals surface area contributed by atoms with Crippen molar-refractivity contribution in [1.82, 2.24) is 0 Å². The lowest BCUT2D eigenvalue weighted by molar-refractivity contribution is 0.0655. The maximum atomic E-state index is 5.40. The molecule has 0 bridgehead atoms. The first kappa shape index (κ1) is 7.36. The van der Waals surface area contributed by atoms with Gasteiger partial charge in [0.15, 0.2) is 0 Å². The number of alkyl halides is 1. The summed E-state index contributed by atoms with van der Waals surface area (Å²) in [5, 5.41) is 0. The molecule has 1 saturated carbocycles. The minimum absolute atomic E-state index is 0.352. The zero-order valence-electron chi connectivity index (χ0n) is 5.48.